The Bertz CT molecular complexity index is 771. The van der Waals surface area contributed by atoms with Gasteiger partial charge in [0.25, 0.3) is 10.0 Å². The van der Waals surface area contributed by atoms with E-state index in [-0.39, 0.29) is 26.3 Å². The molecule has 0 aliphatic carbocycles. The number of carbonyl (C=O) groups is 1. The molecule has 1 aromatic heterocycles. The molecule has 0 saturated heterocycles. The molecule has 0 aliphatic heterocycles. The van der Waals surface area contributed by atoms with Crippen LogP contribution in [0.4, 0.5) is 5.69 Å². The molecular formula is C12H8Cl2N2O4S. The maximum Gasteiger partial charge on any atom is 0.354 e. The van der Waals surface area contributed by atoms with Crippen LogP contribution in [0.2, 0.25) is 10.0 Å². The minimum atomic E-state index is -3.90. The van der Waals surface area contributed by atoms with Gasteiger partial charge in [0.15, 0.2) is 0 Å². The molecule has 2 rings (SSSR count). The summed E-state index contributed by atoms with van der Waals surface area (Å²) in [6.07, 6.45) is 1.10. The number of nitrogens with one attached hydrogen (secondary N) is 1. The number of hydrogen-bond acceptors (Lipinski definition) is 4. The monoisotopic (exact) mass is 346 g/mol. The number of carboxylic acids is 1. The fraction of sp³-hybridized carbons (Fsp3) is 0. The third kappa shape index (κ3) is 3.84. The Morgan fingerprint density at radius 3 is 2.24 bits per heavy atom. The zero-order valence-corrected chi connectivity index (χ0v) is 12.6. The Morgan fingerprint density at radius 1 is 1.14 bits per heavy atom. The summed E-state index contributed by atoms with van der Waals surface area (Å²) in [5, 5.41) is 9.08. The van der Waals surface area contributed by atoms with Crippen molar-refractivity contribution in [3.63, 3.8) is 0 Å². The van der Waals surface area contributed by atoms with E-state index in [4.69, 9.17) is 28.3 Å². The summed E-state index contributed by atoms with van der Waals surface area (Å²) in [7, 11) is -3.90. The second-order valence-electron chi connectivity index (χ2n) is 3.95. The van der Waals surface area contributed by atoms with Crippen molar-refractivity contribution in [2.75, 3.05) is 4.72 Å². The first-order valence-corrected chi connectivity index (χ1v) is 7.70. The van der Waals surface area contributed by atoms with Gasteiger partial charge in [0.05, 0.1) is 16.8 Å². The Balaban J connectivity index is 2.30. The van der Waals surface area contributed by atoms with E-state index < -0.39 is 16.0 Å². The Morgan fingerprint density at radius 2 is 1.76 bits per heavy atom. The van der Waals surface area contributed by atoms with Crippen LogP contribution in [0, 0.1) is 0 Å². The Hall–Kier alpha value is -1.83. The third-order valence-corrected chi connectivity index (χ3v) is 4.18. The lowest BCUT2D eigenvalue weighted by atomic mass is 10.3. The first kappa shape index (κ1) is 15.6. The minimum absolute atomic E-state index is 0.109. The van der Waals surface area contributed by atoms with Crippen molar-refractivity contribution in [1.82, 2.24) is 4.98 Å². The first-order valence-electron chi connectivity index (χ1n) is 5.46. The second-order valence-corrected chi connectivity index (χ2v) is 6.50. The van der Waals surface area contributed by atoms with Gasteiger partial charge in [-0.3, -0.25) is 4.72 Å². The number of hydrogen-bond donors (Lipinski definition) is 2. The van der Waals surface area contributed by atoms with Crippen LogP contribution in [0.25, 0.3) is 0 Å². The van der Waals surface area contributed by atoms with Gasteiger partial charge in [0.1, 0.15) is 5.69 Å². The molecule has 6 nitrogen and oxygen atoms in total. The number of sulfonamides is 1. The normalized spacial score (nSPS) is 11.1. The summed E-state index contributed by atoms with van der Waals surface area (Å²) in [5.74, 6) is -1.20. The summed E-state index contributed by atoms with van der Waals surface area (Å²) < 4.78 is 26.6. The van der Waals surface area contributed by atoms with Gasteiger partial charge in [-0.15, -0.1) is 0 Å². The molecule has 2 N–H and O–H groups in total. The van der Waals surface area contributed by atoms with Crippen LogP contribution < -0.4 is 4.72 Å². The van der Waals surface area contributed by atoms with Crippen molar-refractivity contribution in [2.24, 2.45) is 0 Å². The first-order chi connectivity index (χ1) is 9.78. The molecule has 1 aromatic carbocycles. The van der Waals surface area contributed by atoms with E-state index in [0.29, 0.717) is 0 Å². The van der Waals surface area contributed by atoms with Gasteiger partial charge < -0.3 is 5.11 Å². The highest BCUT2D eigenvalue weighted by Crippen LogP contribution is 2.24. The predicted octanol–water partition coefficient (Wildman–Crippen LogP) is 2.89. The Kier molecular flexibility index (Phi) is 4.36. The van der Waals surface area contributed by atoms with Gasteiger partial charge in [-0.2, -0.15) is 0 Å². The summed E-state index contributed by atoms with van der Waals surface area (Å²) in [5.41, 5.74) is -0.0696. The lowest BCUT2D eigenvalue weighted by molar-refractivity contribution is 0.0690. The van der Waals surface area contributed by atoms with Gasteiger partial charge in [0.2, 0.25) is 0 Å². The van der Waals surface area contributed by atoms with Crippen LogP contribution in [-0.2, 0) is 10.0 Å². The molecule has 0 atom stereocenters. The maximum absolute atomic E-state index is 12.2. The number of aromatic carboxylic acids is 1. The number of halogens is 2. The van der Waals surface area contributed by atoms with Crippen molar-refractivity contribution in [3.8, 4) is 0 Å². The molecule has 0 aliphatic rings. The summed E-state index contributed by atoms with van der Waals surface area (Å²) in [4.78, 5) is 14.2. The van der Waals surface area contributed by atoms with E-state index in [9.17, 15) is 13.2 Å². The topological polar surface area (TPSA) is 96.4 Å². The van der Waals surface area contributed by atoms with Gasteiger partial charge in [-0.05, 0) is 30.3 Å². The highest BCUT2D eigenvalue weighted by atomic mass is 35.5. The van der Waals surface area contributed by atoms with E-state index in [0.717, 1.165) is 6.20 Å². The molecule has 0 bridgehead atoms. The standard InChI is InChI=1S/C12H8Cl2N2O4S/c13-7-3-8(14)5-10(4-7)21(19,20)16-9-1-2-11(12(17)18)15-6-9/h1-6,16H,(H,17,18). The summed E-state index contributed by atoms with van der Waals surface area (Å²) >= 11 is 11.5. The number of pyridine rings is 1. The zero-order chi connectivity index (χ0) is 15.6. The molecule has 0 amide bonds. The van der Waals surface area contributed by atoms with Crippen LogP contribution in [0.3, 0.4) is 0 Å². The third-order valence-electron chi connectivity index (χ3n) is 2.38. The number of anilines is 1. The lowest BCUT2D eigenvalue weighted by Crippen LogP contribution is -2.13. The van der Waals surface area contributed by atoms with Gasteiger partial charge in [-0.25, -0.2) is 18.2 Å². The van der Waals surface area contributed by atoms with E-state index in [2.05, 4.69) is 9.71 Å². The van der Waals surface area contributed by atoms with Crippen LogP contribution in [-0.4, -0.2) is 24.5 Å². The van der Waals surface area contributed by atoms with Crippen molar-refractivity contribution in [3.05, 3.63) is 52.3 Å². The fourth-order valence-corrected chi connectivity index (χ4v) is 3.25. The van der Waals surface area contributed by atoms with E-state index >= 15 is 0 Å². The molecule has 0 saturated carbocycles. The fourth-order valence-electron chi connectivity index (χ4n) is 1.48. The number of carboxylic acid groups (broad SMARTS) is 1. The largest absolute Gasteiger partial charge is 0.477 e. The average molecular weight is 347 g/mol. The van der Waals surface area contributed by atoms with Crippen molar-refractivity contribution < 1.29 is 18.3 Å². The lowest BCUT2D eigenvalue weighted by Gasteiger charge is -2.08. The molecule has 110 valence electrons. The highest BCUT2D eigenvalue weighted by molar-refractivity contribution is 7.92. The van der Waals surface area contributed by atoms with Crippen molar-refractivity contribution in [2.45, 2.75) is 4.90 Å². The average Bonchev–Trinajstić information content (AvgIpc) is 2.37. The molecule has 0 spiro atoms. The zero-order valence-electron chi connectivity index (χ0n) is 10.2. The molecule has 0 unspecified atom stereocenters. The van der Waals surface area contributed by atoms with Gasteiger partial charge in [0, 0.05) is 10.0 Å². The van der Waals surface area contributed by atoms with E-state index in [1.807, 2.05) is 0 Å². The molecule has 9 heteroatoms. The highest BCUT2D eigenvalue weighted by Gasteiger charge is 2.16. The number of rotatable bonds is 4. The summed E-state index contributed by atoms with van der Waals surface area (Å²) in [6.45, 7) is 0. The molecular weight excluding hydrogens is 339 g/mol. The molecule has 2 aromatic rings. The molecule has 1 heterocycles. The second kappa shape index (κ2) is 5.88. The SMILES string of the molecule is O=C(O)c1ccc(NS(=O)(=O)c2cc(Cl)cc(Cl)c2)cn1. The van der Waals surface area contributed by atoms with Crippen LogP contribution in [0.15, 0.2) is 41.4 Å². The number of aromatic nitrogens is 1. The minimum Gasteiger partial charge on any atom is -0.477 e. The number of benzene rings is 1. The maximum atomic E-state index is 12.2. The number of nitrogens with zero attached hydrogens (tertiary/aromatic N) is 1. The van der Waals surface area contributed by atoms with Crippen molar-refractivity contribution in [1.29, 1.82) is 0 Å². The van der Waals surface area contributed by atoms with Crippen molar-refractivity contribution >= 4 is 44.9 Å². The molecule has 0 radical (unpaired) electrons. The van der Waals surface area contributed by atoms with Gasteiger partial charge in [-0.1, -0.05) is 23.2 Å². The van der Waals surface area contributed by atoms with Crippen LogP contribution >= 0.6 is 23.2 Å². The summed E-state index contributed by atoms with van der Waals surface area (Å²) in [6, 6.07) is 6.38. The molecule has 0 fully saturated rings. The van der Waals surface area contributed by atoms with Gasteiger partial charge >= 0.3 is 5.97 Å². The smallest absolute Gasteiger partial charge is 0.354 e. The van der Waals surface area contributed by atoms with E-state index in [1.54, 1.807) is 0 Å². The molecule has 21 heavy (non-hydrogen) atoms. The Labute approximate surface area is 130 Å². The quantitative estimate of drug-likeness (QED) is 0.887. The van der Waals surface area contributed by atoms with Crippen LogP contribution in [0.5, 0.6) is 0 Å². The van der Waals surface area contributed by atoms with Crippen LogP contribution in [0.1, 0.15) is 10.5 Å². The predicted molar refractivity (Wildman–Crippen MR) is 78.5 cm³/mol. The van der Waals surface area contributed by atoms with E-state index in [1.165, 1.54) is 30.3 Å².